The molecule has 9 nitrogen and oxygen atoms in total. The number of alkyl halides is 3. The number of fused-ring (bicyclic) bond motifs is 1. The number of ether oxygens (including phenoxy) is 1. The van der Waals surface area contributed by atoms with Crippen molar-refractivity contribution in [1.82, 2.24) is 24.8 Å². The highest BCUT2D eigenvalue weighted by molar-refractivity contribution is 6.01. The van der Waals surface area contributed by atoms with Gasteiger partial charge in [0.1, 0.15) is 11.3 Å². The second kappa shape index (κ2) is 9.59. The smallest absolute Gasteiger partial charge is 0.406 e. The van der Waals surface area contributed by atoms with Crippen molar-refractivity contribution in [1.29, 1.82) is 0 Å². The Morgan fingerprint density at radius 3 is 2.47 bits per heavy atom. The van der Waals surface area contributed by atoms with Crippen molar-refractivity contribution in [3.8, 4) is 5.75 Å². The number of anilines is 2. The maximum Gasteiger partial charge on any atom is 0.573 e. The fourth-order valence-corrected chi connectivity index (χ4v) is 3.36. The number of piperazine rings is 1. The highest BCUT2D eigenvalue weighted by Crippen LogP contribution is 2.23. The minimum absolute atomic E-state index is 0.232. The first-order valence-electron chi connectivity index (χ1n) is 10.5. The van der Waals surface area contributed by atoms with Crippen molar-refractivity contribution >= 4 is 34.9 Å². The average Bonchev–Trinajstić information content (AvgIpc) is 2.78. The first kappa shape index (κ1) is 23.4. The van der Waals surface area contributed by atoms with Crippen LogP contribution in [0, 0.1) is 6.92 Å². The molecule has 34 heavy (non-hydrogen) atoms. The first-order valence-corrected chi connectivity index (χ1v) is 10.5. The van der Waals surface area contributed by atoms with Crippen LogP contribution in [0.2, 0.25) is 0 Å². The number of nitrogens with zero attached hydrogens (tertiary/aromatic N) is 6. The van der Waals surface area contributed by atoms with Crippen LogP contribution < -0.4 is 15.0 Å². The van der Waals surface area contributed by atoms with E-state index in [9.17, 15) is 18.0 Å². The summed E-state index contributed by atoms with van der Waals surface area (Å²) in [6, 6.07) is 5.14. The number of nitrogens with one attached hydrogen (secondary N) is 1. The van der Waals surface area contributed by atoms with E-state index < -0.39 is 12.3 Å². The van der Waals surface area contributed by atoms with Crippen molar-refractivity contribution in [2.75, 3.05) is 43.4 Å². The van der Waals surface area contributed by atoms with E-state index in [4.69, 9.17) is 0 Å². The summed E-state index contributed by atoms with van der Waals surface area (Å²) in [7, 11) is 2.07. The maximum atomic E-state index is 12.3. The quantitative estimate of drug-likeness (QED) is 0.565. The van der Waals surface area contributed by atoms with Gasteiger partial charge in [-0.2, -0.15) is 4.98 Å². The molecule has 0 unspecified atom stereocenters. The molecule has 1 saturated heterocycles. The molecule has 0 radical (unpaired) electrons. The van der Waals surface area contributed by atoms with Crippen molar-refractivity contribution in [2.24, 2.45) is 0 Å². The van der Waals surface area contributed by atoms with Crippen LogP contribution in [0.15, 0.2) is 36.5 Å². The van der Waals surface area contributed by atoms with Crippen LogP contribution in [0.5, 0.6) is 5.75 Å². The molecular formula is C22H22F3N7O2. The predicted octanol–water partition coefficient (Wildman–Crippen LogP) is 3.03. The molecule has 12 heteroatoms. The van der Waals surface area contributed by atoms with Gasteiger partial charge in [0.05, 0.1) is 11.9 Å². The Labute approximate surface area is 193 Å². The van der Waals surface area contributed by atoms with Crippen molar-refractivity contribution in [3.63, 3.8) is 0 Å². The Kier molecular flexibility index (Phi) is 6.59. The zero-order valence-electron chi connectivity index (χ0n) is 18.5. The van der Waals surface area contributed by atoms with E-state index in [1.165, 1.54) is 42.6 Å². The summed E-state index contributed by atoms with van der Waals surface area (Å²) >= 11 is 0. The molecule has 3 heterocycles. The highest BCUT2D eigenvalue weighted by Gasteiger charge is 2.30. The molecule has 1 fully saturated rings. The highest BCUT2D eigenvalue weighted by atomic mass is 19.4. The fourth-order valence-electron chi connectivity index (χ4n) is 3.36. The van der Waals surface area contributed by atoms with Gasteiger partial charge < -0.3 is 19.9 Å². The zero-order valence-corrected chi connectivity index (χ0v) is 18.5. The van der Waals surface area contributed by atoms with Crippen LogP contribution >= 0.6 is 0 Å². The molecule has 1 amide bonds. The number of rotatable bonds is 5. The number of carbonyl (C=O) groups excluding carboxylic acids is 1. The van der Waals surface area contributed by atoms with Gasteiger partial charge in [0.25, 0.3) is 0 Å². The number of carbonyl (C=O) groups is 1. The summed E-state index contributed by atoms with van der Waals surface area (Å²) < 4.78 is 40.5. The van der Waals surface area contributed by atoms with E-state index in [2.05, 4.69) is 46.8 Å². The molecular weight excluding hydrogens is 451 g/mol. The Morgan fingerprint density at radius 1 is 1.09 bits per heavy atom. The lowest BCUT2D eigenvalue weighted by Crippen LogP contribution is -2.45. The molecule has 2 aromatic heterocycles. The number of amides is 1. The minimum Gasteiger partial charge on any atom is -0.406 e. The molecule has 3 aromatic rings. The number of halogens is 3. The normalized spacial score (nSPS) is 15.1. The monoisotopic (exact) mass is 473 g/mol. The van der Waals surface area contributed by atoms with E-state index in [1.807, 2.05) is 6.92 Å². The standard InChI is InChI=1S/C22H22F3N7O2/c1-14-19-20(30-21(27-14)32-11-9-31(2)10-12-32)26-13-17(29-19)28-18(33)8-5-15-3-6-16(7-4-15)34-22(23,24)25/h3-8,13H,9-12H2,1-2H3,(H,28,29,33). The Balaban J connectivity index is 1.42. The number of benzene rings is 1. The average molecular weight is 473 g/mol. The summed E-state index contributed by atoms with van der Waals surface area (Å²) in [5.74, 6) is 0.0275. The van der Waals surface area contributed by atoms with Crippen LogP contribution in [-0.2, 0) is 4.79 Å². The number of likely N-dealkylation sites (N-methyl/N-ethyl adjacent to an activating group) is 1. The lowest BCUT2D eigenvalue weighted by atomic mass is 10.2. The van der Waals surface area contributed by atoms with Crippen LogP contribution in [-0.4, -0.2) is 70.3 Å². The molecule has 1 aliphatic heterocycles. The van der Waals surface area contributed by atoms with Gasteiger partial charge in [-0.25, -0.2) is 15.0 Å². The SMILES string of the molecule is Cc1nc(N2CCN(C)CC2)nc2ncc(NC(=O)C=Cc3ccc(OC(F)(F)F)cc3)nc12. The largest absolute Gasteiger partial charge is 0.573 e. The number of hydrogen-bond acceptors (Lipinski definition) is 8. The summed E-state index contributed by atoms with van der Waals surface area (Å²) in [4.78, 5) is 34.4. The second-order valence-corrected chi connectivity index (χ2v) is 7.77. The van der Waals surface area contributed by atoms with Gasteiger partial charge in [-0.05, 0) is 37.7 Å². The third-order valence-electron chi connectivity index (χ3n) is 5.15. The van der Waals surface area contributed by atoms with Gasteiger partial charge in [-0.15, -0.1) is 13.2 Å². The van der Waals surface area contributed by atoms with E-state index in [1.54, 1.807) is 0 Å². The molecule has 0 saturated carbocycles. The molecule has 1 aromatic carbocycles. The Morgan fingerprint density at radius 2 is 1.79 bits per heavy atom. The molecule has 4 rings (SSSR count). The Bertz CT molecular complexity index is 1210. The van der Waals surface area contributed by atoms with Crippen LogP contribution in [0.4, 0.5) is 24.9 Å². The van der Waals surface area contributed by atoms with Gasteiger partial charge in [-0.3, -0.25) is 4.79 Å². The lowest BCUT2D eigenvalue weighted by Gasteiger charge is -2.32. The van der Waals surface area contributed by atoms with E-state index >= 15 is 0 Å². The molecule has 1 N–H and O–H groups in total. The number of aryl methyl sites for hydroxylation is 1. The van der Waals surface area contributed by atoms with Crippen LogP contribution in [0.25, 0.3) is 17.2 Å². The lowest BCUT2D eigenvalue weighted by molar-refractivity contribution is -0.274. The van der Waals surface area contributed by atoms with Crippen LogP contribution in [0.1, 0.15) is 11.3 Å². The van der Waals surface area contributed by atoms with Crippen molar-refractivity contribution < 1.29 is 22.7 Å². The van der Waals surface area contributed by atoms with Crippen molar-refractivity contribution in [3.05, 3.63) is 47.8 Å². The summed E-state index contributed by atoms with van der Waals surface area (Å²) in [5.41, 5.74) is 2.10. The summed E-state index contributed by atoms with van der Waals surface area (Å²) in [6.45, 7) is 5.32. The van der Waals surface area contributed by atoms with E-state index in [-0.39, 0.29) is 11.6 Å². The molecule has 0 aliphatic carbocycles. The van der Waals surface area contributed by atoms with Gasteiger partial charge in [0, 0.05) is 32.3 Å². The van der Waals surface area contributed by atoms with E-state index in [0.29, 0.717) is 28.4 Å². The molecule has 0 spiro atoms. The number of hydrogen-bond donors (Lipinski definition) is 1. The molecule has 1 aliphatic rings. The molecule has 0 atom stereocenters. The summed E-state index contributed by atoms with van der Waals surface area (Å²) in [5, 5.41) is 2.61. The third kappa shape index (κ3) is 5.95. The van der Waals surface area contributed by atoms with Gasteiger partial charge in [0.2, 0.25) is 11.9 Å². The topological polar surface area (TPSA) is 96.4 Å². The first-order chi connectivity index (χ1) is 16.2. The summed E-state index contributed by atoms with van der Waals surface area (Å²) in [6.07, 6.45) is -0.644. The Hall–Kier alpha value is -3.80. The fraction of sp³-hybridized carbons (Fsp3) is 0.318. The number of aromatic nitrogens is 4. The zero-order chi connectivity index (χ0) is 24.3. The molecule has 178 valence electrons. The van der Waals surface area contributed by atoms with Gasteiger partial charge in [-0.1, -0.05) is 12.1 Å². The minimum atomic E-state index is -4.76. The van der Waals surface area contributed by atoms with Crippen molar-refractivity contribution in [2.45, 2.75) is 13.3 Å². The molecule has 0 bridgehead atoms. The second-order valence-electron chi connectivity index (χ2n) is 7.77. The predicted molar refractivity (Wildman–Crippen MR) is 120 cm³/mol. The van der Waals surface area contributed by atoms with Gasteiger partial charge in [0.15, 0.2) is 11.5 Å². The van der Waals surface area contributed by atoms with Gasteiger partial charge >= 0.3 is 6.36 Å². The van der Waals surface area contributed by atoms with E-state index in [0.717, 1.165) is 26.2 Å². The maximum absolute atomic E-state index is 12.3. The third-order valence-corrected chi connectivity index (χ3v) is 5.15. The van der Waals surface area contributed by atoms with Crippen LogP contribution in [0.3, 0.4) is 0 Å².